The Morgan fingerprint density at radius 1 is 1.33 bits per heavy atom. The normalized spacial score (nSPS) is 30.9. The summed E-state index contributed by atoms with van der Waals surface area (Å²) in [6, 6.07) is 1.15. The van der Waals surface area contributed by atoms with Gasteiger partial charge in [-0.25, -0.2) is 0 Å². The summed E-state index contributed by atoms with van der Waals surface area (Å²) in [5.74, 6) is 0.648. The minimum atomic E-state index is -0.0519. The highest BCUT2D eigenvalue weighted by Crippen LogP contribution is 2.20. The molecule has 0 aliphatic heterocycles. The van der Waals surface area contributed by atoms with E-state index in [2.05, 4.69) is 25.7 Å². The fourth-order valence-electron chi connectivity index (χ4n) is 2.25. The highest BCUT2D eigenvalue weighted by Gasteiger charge is 2.21. The Bertz CT molecular complexity index is 185. The van der Waals surface area contributed by atoms with Gasteiger partial charge in [0.05, 0.1) is 6.10 Å². The van der Waals surface area contributed by atoms with Crippen LogP contribution in [0.3, 0.4) is 0 Å². The fourth-order valence-corrected chi connectivity index (χ4v) is 2.25. The van der Waals surface area contributed by atoms with Gasteiger partial charge in [0.25, 0.3) is 0 Å². The van der Waals surface area contributed by atoms with Crippen molar-refractivity contribution >= 4 is 0 Å². The minimum absolute atomic E-state index is 0.0519. The molecule has 0 aromatic carbocycles. The van der Waals surface area contributed by atoms with Crippen molar-refractivity contribution in [3.63, 3.8) is 0 Å². The average molecular weight is 211 g/mol. The lowest BCUT2D eigenvalue weighted by atomic mass is 9.91. The first-order valence-electron chi connectivity index (χ1n) is 6.18. The molecule has 1 aliphatic rings. The zero-order valence-corrected chi connectivity index (χ0v) is 10.1. The Balaban J connectivity index is 2.25. The molecule has 0 amide bonds. The monoisotopic (exact) mass is 211 g/mol. The minimum Gasteiger partial charge on any atom is -0.393 e. The number of aliphatic hydroxyl groups is 1. The van der Waals surface area contributed by atoms with Crippen LogP contribution in [0, 0.1) is 5.92 Å². The van der Waals surface area contributed by atoms with Crippen molar-refractivity contribution in [3.05, 3.63) is 12.7 Å². The molecule has 1 aliphatic carbocycles. The maximum Gasteiger partial charge on any atom is 0.0541 e. The molecule has 2 nitrogen and oxygen atoms in total. The molecule has 15 heavy (non-hydrogen) atoms. The average Bonchev–Trinajstić information content (AvgIpc) is 2.22. The molecule has 0 heterocycles. The molecule has 2 N–H and O–H groups in total. The summed E-state index contributed by atoms with van der Waals surface area (Å²) in [7, 11) is 0. The van der Waals surface area contributed by atoms with E-state index in [9.17, 15) is 5.11 Å². The summed E-state index contributed by atoms with van der Waals surface area (Å²) >= 11 is 0. The van der Waals surface area contributed by atoms with Gasteiger partial charge in [-0.1, -0.05) is 13.0 Å². The predicted octanol–water partition coefficient (Wildman–Crippen LogP) is 2.48. The van der Waals surface area contributed by atoms with Crippen molar-refractivity contribution in [2.24, 2.45) is 5.92 Å². The second-order valence-electron chi connectivity index (χ2n) is 4.96. The summed E-state index contributed by atoms with van der Waals surface area (Å²) in [6.45, 7) is 8.29. The topological polar surface area (TPSA) is 32.3 Å². The van der Waals surface area contributed by atoms with Crippen molar-refractivity contribution in [2.45, 2.75) is 64.1 Å². The molecule has 2 atom stereocenters. The molecule has 0 aromatic heterocycles. The Hall–Kier alpha value is -0.340. The number of hydrogen-bond acceptors (Lipinski definition) is 2. The van der Waals surface area contributed by atoms with E-state index >= 15 is 0 Å². The molecular weight excluding hydrogens is 186 g/mol. The van der Waals surface area contributed by atoms with Crippen molar-refractivity contribution < 1.29 is 5.11 Å². The van der Waals surface area contributed by atoms with Crippen LogP contribution in [0.2, 0.25) is 0 Å². The molecule has 2 heteroatoms. The van der Waals surface area contributed by atoms with Gasteiger partial charge < -0.3 is 10.4 Å². The van der Waals surface area contributed by atoms with Crippen LogP contribution in [0.25, 0.3) is 0 Å². The highest BCUT2D eigenvalue weighted by atomic mass is 16.3. The fraction of sp³-hybridized carbons (Fsp3) is 0.846. The molecule has 0 saturated heterocycles. The van der Waals surface area contributed by atoms with E-state index in [0.717, 1.165) is 32.1 Å². The first-order valence-corrected chi connectivity index (χ1v) is 6.18. The molecular formula is C13H25NO. The van der Waals surface area contributed by atoms with E-state index in [4.69, 9.17) is 0 Å². The van der Waals surface area contributed by atoms with Gasteiger partial charge in [0, 0.05) is 12.1 Å². The maximum atomic E-state index is 9.41. The van der Waals surface area contributed by atoms with Crippen LogP contribution in [0.5, 0.6) is 0 Å². The SMILES string of the molecule is C=CCC(C)C(C)NC1CCC(O)CC1. The van der Waals surface area contributed by atoms with Crippen LogP contribution in [0.1, 0.15) is 46.0 Å². The quantitative estimate of drug-likeness (QED) is 0.685. The van der Waals surface area contributed by atoms with E-state index in [-0.39, 0.29) is 6.10 Å². The van der Waals surface area contributed by atoms with Gasteiger partial charge in [-0.3, -0.25) is 0 Å². The van der Waals surface area contributed by atoms with E-state index < -0.39 is 0 Å². The van der Waals surface area contributed by atoms with Crippen LogP contribution < -0.4 is 5.32 Å². The third kappa shape index (κ3) is 4.35. The van der Waals surface area contributed by atoms with Crippen molar-refractivity contribution in [3.8, 4) is 0 Å². The zero-order valence-electron chi connectivity index (χ0n) is 10.1. The lowest BCUT2D eigenvalue weighted by Crippen LogP contribution is -2.42. The van der Waals surface area contributed by atoms with Gasteiger partial charge in [-0.15, -0.1) is 6.58 Å². The third-order valence-corrected chi connectivity index (χ3v) is 3.59. The maximum absolute atomic E-state index is 9.41. The predicted molar refractivity (Wildman–Crippen MR) is 64.8 cm³/mol. The van der Waals surface area contributed by atoms with Gasteiger partial charge in [0.15, 0.2) is 0 Å². The lowest BCUT2D eigenvalue weighted by molar-refractivity contribution is 0.112. The molecule has 1 saturated carbocycles. The van der Waals surface area contributed by atoms with E-state index in [1.165, 1.54) is 0 Å². The van der Waals surface area contributed by atoms with Crippen LogP contribution in [0.4, 0.5) is 0 Å². The Morgan fingerprint density at radius 2 is 1.93 bits per heavy atom. The van der Waals surface area contributed by atoms with Crippen LogP contribution in [-0.2, 0) is 0 Å². The number of hydrogen-bond donors (Lipinski definition) is 2. The second-order valence-corrected chi connectivity index (χ2v) is 4.96. The third-order valence-electron chi connectivity index (χ3n) is 3.59. The van der Waals surface area contributed by atoms with Crippen molar-refractivity contribution in [1.82, 2.24) is 5.32 Å². The van der Waals surface area contributed by atoms with Crippen molar-refractivity contribution in [2.75, 3.05) is 0 Å². The summed E-state index contributed by atoms with van der Waals surface area (Å²) in [4.78, 5) is 0. The van der Waals surface area contributed by atoms with Crippen LogP contribution in [-0.4, -0.2) is 23.3 Å². The summed E-state index contributed by atoms with van der Waals surface area (Å²) in [5.41, 5.74) is 0. The number of aliphatic hydroxyl groups excluding tert-OH is 1. The highest BCUT2D eigenvalue weighted by molar-refractivity contribution is 4.83. The first kappa shape index (κ1) is 12.7. The van der Waals surface area contributed by atoms with Gasteiger partial charge in [-0.2, -0.15) is 0 Å². The molecule has 2 unspecified atom stereocenters. The molecule has 0 spiro atoms. The van der Waals surface area contributed by atoms with Gasteiger partial charge in [-0.05, 0) is 44.9 Å². The second kappa shape index (κ2) is 6.29. The molecule has 0 radical (unpaired) electrons. The molecule has 1 rings (SSSR count). The summed E-state index contributed by atoms with van der Waals surface area (Å²) in [5, 5.41) is 13.1. The van der Waals surface area contributed by atoms with Gasteiger partial charge in [0.2, 0.25) is 0 Å². The van der Waals surface area contributed by atoms with Crippen LogP contribution in [0.15, 0.2) is 12.7 Å². The largest absolute Gasteiger partial charge is 0.393 e. The van der Waals surface area contributed by atoms with Gasteiger partial charge >= 0.3 is 0 Å². The van der Waals surface area contributed by atoms with Crippen molar-refractivity contribution in [1.29, 1.82) is 0 Å². The first-order chi connectivity index (χ1) is 7.13. The van der Waals surface area contributed by atoms with Crippen LogP contribution >= 0.6 is 0 Å². The molecule has 0 aromatic rings. The van der Waals surface area contributed by atoms with E-state index in [1.807, 2.05) is 6.08 Å². The zero-order chi connectivity index (χ0) is 11.3. The van der Waals surface area contributed by atoms with E-state index in [0.29, 0.717) is 18.0 Å². The summed E-state index contributed by atoms with van der Waals surface area (Å²) < 4.78 is 0. The van der Waals surface area contributed by atoms with Gasteiger partial charge in [0.1, 0.15) is 0 Å². The summed E-state index contributed by atoms with van der Waals surface area (Å²) in [6.07, 6.45) is 7.17. The standard InChI is InChI=1S/C13H25NO/c1-4-5-10(2)11(3)14-12-6-8-13(15)9-7-12/h4,10-15H,1,5-9H2,2-3H3. The van der Waals surface area contributed by atoms with E-state index in [1.54, 1.807) is 0 Å². The number of nitrogens with one attached hydrogen (secondary N) is 1. The smallest absolute Gasteiger partial charge is 0.0541 e. The number of rotatable bonds is 5. The Morgan fingerprint density at radius 3 is 2.47 bits per heavy atom. The Labute approximate surface area is 93.8 Å². The lowest BCUT2D eigenvalue weighted by Gasteiger charge is -2.31. The molecule has 88 valence electrons. The molecule has 0 bridgehead atoms. The number of allylic oxidation sites excluding steroid dienone is 1. The molecule has 1 fully saturated rings. The Kier molecular flexibility index (Phi) is 5.34.